The number of carbonyl (C=O) groups is 3. The quantitative estimate of drug-likeness (QED) is 0.506. The Kier molecular flexibility index (Phi) is 7.26. The molecule has 26 heavy (non-hydrogen) atoms. The minimum atomic E-state index is -0.588. The van der Waals surface area contributed by atoms with E-state index in [2.05, 4.69) is 0 Å². The second-order valence-corrected chi connectivity index (χ2v) is 6.86. The molecule has 1 aliphatic heterocycles. The van der Waals surface area contributed by atoms with Crippen molar-refractivity contribution in [2.75, 3.05) is 13.2 Å². The first-order valence-corrected chi connectivity index (χ1v) is 9.44. The van der Waals surface area contributed by atoms with E-state index in [4.69, 9.17) is 9.47 Å². The van der Waals surface area contributed by atoms with Gasteiger partial charge in [-0.15, -0.1) is 0 Å². The van der Waals surface area contributed by atoms with Crippen molar-refractivity contribution in [3.8, 4) is 5.75 Å². The van der Waals surface area contributed by atoms with E-state index in [9.17, 15) is 14.4 Å². The van der Waals surface area contributed by atoms with Gasteiger partial charge < -0.3 is 9.47 Å². The Morgan fingerprint density at radius 3 is 2.69 bits per heavy atom. The molecule has 1 fully saturated rings. The number of rotatable bonds is 8. The molecule has 2 amide bonds. The van der Waals surface area contributed by atoms with Crippen LogP contribution < -0.4 is 4.74 Å². The fourth-order valence-corrected chi connectivity index (χ4v) is 3.02. The zero-order valence-corrected chi connectivity index (χ0v) is 16.0. The third-order valence-corrected chi connectivity index (χ3v) is 4.64. The van der Waals surface area contributed by atoms with Crippen LogP contribution >= 0.6 is 11.8 Å². The van der Waals surface area contributed by atoms with Crippen molar-refractivity contribution in [1.82, 2.24) is 4.90 Å². The first-order chi connectivity index (χ1) is 12.5. The molecular weight excluding hydrogens is 354 g/mol. The van der Waals surface area contributed by atoms with Crippen LogP contribution in [-0.2, 0) is 14.3 Å². The van der Waals surface area contributed by atoms with Gasteiger partial charge in [0, 0.05) is 5.56 Å². The molecule has 0 saturated carbocycles. The number of esters is 1. The van der Waals surface area contributed by atoms with E-state index < -0.39 is 17.1 Å². The molecule has 1 aliphatic rings. The molecular formula is C19H23NO5S. The zero-order chi connectivity index (χ0) is 19.1. The number of imide groups is 1. The number of amides is 2. The molecule has 7 heteroatoms. The van der Waals surface area contributed by atoms with Gasteiger partial charge in [0.15, 0.2) is 0 Å². The molecule has 140 valence electrons. The van der Waals surface area contributed by atoms with Gasteiger partial charge in [-0.2, -0.15) is 0 Å². The first-order valence-electron chi connectivity index (χ1n) is 8.62. The van der Waals surface area contributed by atoms with E-state index in [0.29, 0.717) is 24.3 Å². The summed E-state index contributed by atoms with van der Waals surface area (Å²) >= 11 is 0.811. The summed E-state index contributed by atoms with van der Waals surface area (Å²) in [5.74, 6) is -0.432. The highest BCUT2D eigenvalue weighted by atomic mass is 32.2. The van der Waals surface area contributed by atoms with Crippen molar-refractivity contribution in [1.29, 1.82) is 0 Å². The van der Waals surface area contributed by atoms with E-state index in [1.165, 1.54) is 0 Å². The lowest BCUT2D eigenvalue weighted by Gasteiger charge is -2.14. The molecule has 1 heterocycles. The van der Waals surface area contributed by atoms with Crippen LogP contribution in [0.4, 0.5) is 4.79 Å². The summed E-state index contributed by atoms with van der Waals surface area (Å²) in [6.07, 6.45) is 2.90. The second kappa shape index (κ2) is 9.43. The van der Waals surface area contributed by atoms with Crippen LogP contribution in [0.3, 0.4) is 0 Å². The fraction of sp³-hybridized carbons (Fsp3) is 0.421. The summed E-state index contributed by atoms with van der Waals surface area (Å²) in [5.41, 5.74) is 0.716. The maximum absolute atomic E-state index is 12.5. The molecule has 0 spiro atoms. The normalized spacial score (nSPS) is 16.9. The molecule has 0 unspecified atom stereocenters. The topological polar surface area (TPSA) is 72.9 Å². The molecule has 0 aromatic heterocycles. The number of ether oxygens (including phenoxy) is 2. The van der Waals surface area contributed by atoms with Crippen molar-refractivity contribution in [3.05, 3.63) is 34.7 Å². The Labute approximate surface area is 157 Å². The van der Waals surface area contributed by atoms with Crippen molar-refractivity contribution in [3.63, 3.8) is 0 Å². The fourth-order valence-electron chi connectivity index (χ4n) is 2.19. The third kappa shape index (κ3) is 5.11. The molecule has 0 aliphatic carbocycles. The molecule has 0 N–H and O–H groups in total. The number of carbonyl (C=O) groups excluding carboxylic acids is 3. The van der Waals surface area contributed by atoms with E-state index in [-0.39, 0.29) is 17.6 Å². The molecule has 1 aromatic carbocycles. The molecule has 1 aromatic rings. The number of nitrogens with zero attached hydrogens (tertiary/aromatic N) is 1. The van der Waals surface area contributed by atoms with Gasteiger partial charge in [-0.05, 0) is 43.7 Å². The van der Waals surface area contributed by atoms with Gasteiger partial charge in [0.25, 0.3) is 11.1 Å². The van der Waals surface area contributed by atoms with Crippen LogP contribution in [-0.4, -0.2) is 41.3 Å². The summed E-state index contributed by atoms with van der Waals surface area (Å²) in [7, 11) is 0. The smallest absolute Gasteiger partial charge is 0.326 e. The van der Waals surface area contributed by atoms with Gasteiger partial charge in [0.2, 0.25) is 0 Å². The highest BCUT2D eigenvalue weighted by Crippen LogP contribution is 2.33. The Hall–Kier alpha value is -2.28. The maximum Gasteiger partial charge on any atom is 0.326 e. The summed E-state index contributed by atoms with van der Waals surface area (Å²) in [5, 5.41) is -0.477. The van der Waals surface area contributed by atoms with E-state index >= 15 is 0 Å². The zero-order valence-electron chi connectivity index (χ0n) is 15.2. The van der Waals surface area contributed by atoms with Crippen molar-refractivity contribution in [2.45, 2.75) is 39.7 Å². The maximum atomic E-state index is 12.5. The summed E-state index contributed by atoms with van der Waals surface area (Å²) in [6.45, 7) is 5.85. The van der Waals surface area contributed by atoms with Gasteiger partial charge in [0.05, 0.1) is 17.6 Å². The third-order valence-electron chi connectivity index (χ3n) is 3.74. The molecule has 0 bridgehead atoms. The Morgan fingerprint density at radius 1 is 1.27 bits per heavy atom. The van der Waals surface area contributed by atoms with Crippen LogP contribution in [0.1, 0.15) is 39.2 Å². The lowest BCUT2D eigenvalue weighted by Crippen LogP contribution is -2.35. The van der Waals surface area contributed by atoms with Gasteiger partial charge in [-0.3, -0.25) is 19.3 Å². The molecule has 1 atom stereocenters. The highest BCUT2D eigenvalue weighted by Gasteiger charge is 2.37. The Morgan fingerprint density at radius 2 is 2.00 bits per heavy atom. The number of para-hydroxylation sites is 1. The standard InChI is InChI=1S/C19H23NO5S/c1-4-10-24-15-9-7-6-8-14(15)11-16-18(22)20(19(23)26-16)12-17(21)25-13(3)5-2/h6-9,11,13H,4-5,10,12H2,1-3H3/b16-11+/t13-/m1/s1. The Bertz CT molecular complexity index is 716. The molecule has 1 saturated heterocycles. The van der Waals surface area contributed by atoms with Crippen LogP contribution in [0.2, 0.25) is 0 Å². The molecule has 0 radical (unpaired) electrons. The SMILES string of the molecule is CCCOc1ccccc1/C=C1/SC(=O)N(CC(=O)O[C@H](C)CC)C1=O. The predicted octanol–water partition coefficient (Wildman–Crippen LogP) is 3.85. The first kappa shape index (κ1) is 20.0. The van der Waals surface area contributed by atoms with Crippen LogP contribution in [0.5, 0.6) is 5.75 Å². The predicted molar refractivity (Wildman–Crippen MR) is 101 cm³/mol. The van der Waals surface area contributed by atoms with Crippen molar-refractivity contribution >= 4 is 35.0 Å². The average Bonchev–Trinajstić information content (AvgIpc) is 2.88. The van der Waals surface area contributed by atoms with Gasteiger partial charge in [0.1, 0.15) is 12.3 Å². The van der Waals surface area contributed by atoms with Crippen molar-refractivity contribution in [2.24, 2.45) is 0 Å². The number of benzene rings is 1. The lowest BCUT2D eigenvalue weighted by molar-refractivity contribution is -0.150. The largest absolute Gasteiger partial charge is 0.493 e. The minimum absolute atomic E-state index is 0.249. The van der Waals surface area contributed by atoms with Gasteiger partial charge in [-0.25, -0.2) is 0 Å². The number of thioether (sulfide) groups is 1. The number of hydrogen-bond acceptors (Lipinski definition) is 6. The molecule has 6 nitrogen and oxygen atoms in total. The number of hydrogen-bond donors (Lipinski definition) is 0. The second-order valence-electron chi connectivity index (χ2n) is 5.86. The van der Waals surface area contributed by atoms with Gasteiger partial charge >= 0.3 is 5.97 Å². The van der Waals surface area contributed by atoms with E-state index in [1.807, 2.05) is 38.1 Å². The van der Waals surface area contributed by atoms with E-state index in [0.717, 1.165) is 23.1 Å². The van der Waals surface area contributed by atoms with Crippen LogP contribution in [0.15, 0.2) is 29.2 Å². The average molecular weight is 377 g/mol. The Balaban J connectivity index is 2.13. The van der Waals surface area contributed by atoms with Crippen molar-refractivity contribution < 1.29 is 23.9 Å². The van der Waals surface area contributed by atoms with Crippen LogP contribution in [0.25, 0.3) is 6.08 Å². The summed E-state index contributed by atoms with van der Waals surface area (Å²) < 4.78 is 10.8. The summed E-state index contributed by atoms with van der Waals surface area (Å²) in [4.78, 5) is 37.7. The highest BCUT2D eigenvalue weighted by molar-refractivity contribution is 8.18. The van der Waals surface area contributed by atoms with Crippen LogP contribution in [0, 0.1) is 0 Å². The van der Waals surface area contributed by atoms with E-state index in [1.54, 1.807) is 13.0 Å². The summed E-state index contributed by atoms with van der Waals surface area (Å²) in [6, 6.07) is 7.31. The monoisotopic (exact) mass is 377 g/mol. The lowest BCUT2D eigenvalue weighted by atomic mass is 10.2. The molecule has 2 rings (SSSR count). The van der Waals surface area contributed by atoms with Gasteiger partial charge in [-0.1, -0.05) is 32.0 Å². The minimum Gasteiger partial charge on any atom is -0.493 e.